The maximum Gasteiger partial charge on any atom is 0.311 e. The highest BCUT2D eigenvalue weighted by Crippen LogP contribution is 2.31. The molecular formula is C12H6FN3O3. The Morgan fingerprint density at radius 3 is 2.74 bits per heavy atom. The number of halogens is 1. The molecule has 0 spiro atoms. The van der Waals surface area contributed by atoms with Crippen molar-refractivity contribution in [3.05, 3.63) is 58.2 Å². The second-order valence-electron chi connectivity index (χ2n) is 3.46. The first-order chi connectivity index (χ1) is 9.10. The third-order valence-electron chi connectivity index (χ3n) is 2.20. The zero-order valence-electron chi connectivity index (χ0n) is 9.41. The van der Waals surface area contributed by atoms with Crippen molar-refractivity contribution >= 4 is 5.69 Å². The Hall–Kier alpha value is -3.01. The number of rotatable bonds is 3. The lowest BCUT2D eigenvalue weighted by molar-refractivity contribution is -0.385. The van der Waals surface area contributed by atoms with E-state index in [9.17, 15) is 14.5 Å². The molecule has 0 atom stereocenters. The number of aromatic nitrogens is 1. The Balaban J connectivity index is 2.34. The molecule has 19 heavy (non-hydrogen) atoms. The van der Waals surface area contributed by atoms with Gasteiger partial charge in [-0.25, -0.2) is 9.37 Å². The summed E-state index contributed by atoms with van der Waals surface area (Å²) in [5, 5.41) is 19.3. The molecule has 0 bridgehead atoms. The van der Waals surface area contributed by atoms with Crippen LogP contribution < -0.4 is 4.74 Å². The number of hydrogen-bond donors (Lipinski definition) is 0. The van der Waals surface area contributed by atoms with Crippen molar-refractivity contribution in [1.29, 1.82) is 5.26 Å². The van der Waals surface area contributed by atoms with Crippen molar-refractivity contribution in [2.45, 2.75) is 0 Å². The van der Waals surface area contributed by atoms with E-state index in [2.05, 4.69) is 4.98 Å². The van der Waals surface area contributed by atoms with Gasteiger partial charge in [-0.3, -0.25) is 10.1 Å². The van der Waals surface area contributed by atoms with Crippen molar-refractivity contribution < 1.29 is 14.1 Å². The Morgan fingerprint density at radius 2 is 2.16 bits per heavy atom. The number of nitriles is 1. The smallest absolute Gasteiger partial charge is 0.311 e. The monoisotopic (exact) mass is 259 g/mol. The van der Waals surface area contributed by atoms with Gasteiger partial charge in [0.25, 0.3) is 0 Å². The molecule has 2 aromatic rings. The van der Waals surface area contributed by atoms with Gasteiger partial charge < -0.3 is 4.74 Å². The van der Waals surface area contributed by atoms with E-state index in [1.54, 1.807) is 0 Å². The average Bonchev–Trinajstić information content (AvgIpc) is 2.39. The normalized spacial score (nSPS) is 9.68. The molecule has 1 heterocycles. The predicted molar refractivity (Wildman–Crippen MR) is 62.1 cm³/mol. The summed E-state index contributed by atoms with van der Waals surface area (Å²) in [7, 11) is 0. The lowest BCUT2D eigenvalue weighted by atomic mass is 10.3. The molecule has 0 saturated carbocycles. The van der Waals surface area contributed by atoms with E-state index in [0.717, 1.165) is 18.2 Å². The van der Waals surface area contributed by atoms with Crippen LogP contribution in [-0.2, 0) is 0 Å². The SMILES string of the molecule is N#Cc1ccc(Oc2cc(F)ccc2[N+](=O)[O-])cn1. The zero-order valence-corrected chi connectivity index (χ0v) is 9.41. The van der Waals surface area contributed by atoms with E-state index in [0.29, 0.717) is 0 Å². The van der Waals surface area contributed by atoms with Crippen LogP contribution in [0.2, 0.25) is 0 Å². The summed E-state index contributed by atoms with van der Waals surface area (Å²) in [4.78, 5) is 13.8. The minimum Gasteiger partial charge on any atom is -0.448 e. The highest BCUT2D eigenvalue weighted by molar-refractivity contribution is 5.48. The molecule has 6 nitrogen and oxygen atoms in total. The standard InChI is InChI=1S/C12H6FN3O3/c13-8-1-4-11(16(17)18)12(5-8)19-10-3-2-9(6-14)15-7-10/h1-5,7H. The number of nitro groups is 1. The van der Waals surface area contributed by atoms with Crippen LogP contribution in [0.1, 0.15) is 5.69 Å². The maximum atomic E-state index is 13.1. The van der Waals surface area contributed by atoms with Gasteiger partial charge in [0, 0.05) is 12.1 Å². The second kappa shape index (κ2) is 5.10. The number of hydrogen-bond acceptors (Lipinski definition) is 5. The molecule has 0 N–H and O–H groups in total. The first kappa shape index (κ1) is 12.4. The highest BCUT2D eigenvalue weighted by atomic mass is 19.1. The summed E-state index contributed by atoms with van der Waals surface area (Å²) in [6.07, 6.45) is 1.23. The number of pyridine rings is 1. The fourth-order valence-corrected chi connectivity index (χ4v) is 1.35. The molecule has 0 aliphatic rings. The third kappa shape index (κ3) is 2.81. The van der Waals surface area contributed by atoms with E-state index in [-0.39, 0.29) is 22.9 Å². The molecule has 7 heteroatoms. The quantitative estimate of drug-likeness (QED) is 0.624. The van der Waals surface area contributed by atoms with E-state index < -0.39 is 10.7 Å². The van der Waals surface area contributed by atoms with Crippen molar-refractivity contribution in [2.24, 2.45) is 0 Å². The van der Waals surface area contributed by atoms with Gasteiger partial charge in [0.05, 0.1) is 11.1 Å². The summed E-state index contributed by atoms with van der Waals surface area (Å²) in [6, 6.07) is 7.53. The topological polar surface area (TPSA) is 89.0 Å². The minimum absolute atomic E-state index is 0.174. The van der Waals surface area contributed by atoms with Crippen LogP contribution in [0.3, 0.4) is 0 Å². The Morgan fingerprint density at radius 1 is 1.37 bits per heavy atom. The van der Waals surface area contributed by atoms with Crippen LogP contribution in [0, 0.1) is 27.3 Å². The number of benzene rings is 1. The van der Waals surface area contributed by atoms with Gasteiger partial charge in [0.15, 0.2) is 0 Å². The van der Waals surface area contributed by atoms with Crippen LogP contribution in [0.25, 0.3) is 0 Å². The molecule has 0 fully saturated rings. The van der Waals surface area contributed by atoms with Crippen molar-refractivity contribution in [2.75, 3.05) is 0 Å². The zero-order chi connectivity index (χ0) is 13.8. The summed E-state index contributed by atoms with van der Waals surface area (Å²) in [5.41, 5.74) is -0.174. The van der Waals surface area contributed by atoms with Gasteiger partial charge in [-0.1, -0.05) is 0 Å². The molecule has 0 aliphatic carbocycles. The molecule has 0 amide bonds. The van der Waals surface area contributed by atoms with Gasteiger partial charge in [0.2, 0.25) is 5.75 Å². The molecule has 2 rings (SSSR count). The van der Waals surface area contributed by atoms with E-state index in [1.807, 2.05) is 6.07 Å². The lowest BCUT2D eigenvalue weighted by Gasteiger charge is -2.05. The van der Waals surface area contributed by atoms with Crippen LogP contribution >= 0.6 is 0 Å². The van der Waals surface area contributed by atoms with Crippen LogP contribution in [0.5, 0.6) is 11.5 Å². The maximum absolute atomic E-state index is 13.1. The number of nitro benzene ring substituents is 1. The average molecular weight is 259 g/mol. The second-order valence-corrected chi connectivity index (χ2v) is 3.46. The van der Waals surface area contributed by atoms with Gasteiger partial charge in [-0.2, -0.15) is 5.26 Å². The Labute approximate surface area is 106 Å². The molecule has 0 unspecified atom stereocenters. The third-order valence-corrected chi connectivity index (χ3v) is 2.20. The summed E-state index contributed by atoms with van der Waals surface area (Å²) >= 11 is 0. The molecule has 94 valence electrons. The largest absolute Gasteiger partial charge is 0.448 e. The van der Waals surface area contributed by atoms with E-state index in [4.69, 9.17) is 10.00 Å². The van der Waals surface area contributed by atoms with Crippen molar-refractivity contribution in [3.63, 3.8) is 0 Å². The molecule has 0 radical (unpaired) electrons. The van der Waals surface area contributed by atoms with Gasteiger partial charge in [-0.15, -0.1) is 0 Å². The van der Waals surface area contributed by atoms with Gasteiger partial charge in [-0.05, 0) is 18.2 Å². The van der Waals surface area contributed by atoms with Crippen LogP contribution in [0.15, 0.2) is 36.5 Å². The lowest BCUT2D eigenvalue weighted by Crippen LogP contribution is -1.94. The highest BCUT2D eigenvalue weighted by Gasteiger charge is 2.16. The van der Waals surface area contributed by atoms with Crippen LogP contribution in [0.4, 0.5) is 10.1 Å². The first-order valence-electron chi connectivity index (χ1n) is 5.08. The molecule has 1 aromatic carbocycles. The number of ether oxygens (including phenoxy) is 1. The minimum atomic E-state index is -0.675. The summed E-state index contributed by atoms with van der Waals surface area (Å²) < 4.78 is 18.3. The summed E-state index contributed by atoms with van der Waals surface area (Å²) in [6.45, 7) is 0. The van der Waals surface area contributed by atoms with Crippen molar-refractivity contribution in [1.82, 2.24) is 4.98 Å². The number of nitrogens with zero attached hydrogens (tertiary/aromatic N) is 3. The fourth-order valence-electron chi connectivity index (χ4n) is 1.35. The molecule has 0 saturated heterocycles. The Kier molecular flexibility index (Phi) is 3.34. The van der Waals surface area contributed by atoms with E-state index in [1.165, 1.54) is 18.3 Å². The molecule has 0 aliphatic heterocycles. The summed E-state index contributed by atoms with van der Waals surface area (Å²) in [5.74, 6) is -0.702. The van der Waals surface area contributed by atoms with Crippen molar-refractivity contribution in [3.8, 4) is 17.6 Å². The first-order valence-corrected chi connectivity index (χ1v) is 5.08. The predicted octanol–water partition coefficient (Wildman–Crippen LogP) is 2.79. The Bertz CT molecular complexity index is 665. The van der Waals surface area contributed by atoms with Gasteiger partial charge >= 0.3 is 5.69 Å². The fraction of sp³-hybridized carbons (Fsp3) is 0. The molecule has 1 aromatic heterocycles. The van der Waals surface area contributed by atoms with Gasteiger partial charge in [0.1, 0.15) is 23.3 Å². The molecular weight excluding hydrogens is 253 g/mol. The van der Waals surface area contributed by atoms with Crippen LogP contribution in [-0.4, -0.2) is 9.91 Å². The van der Waals surface area contributed by atoms with E-state index >= 15 is 0 Å².